The molecule has 18 heavy (non-hydrogen) atoms. The molecule has 0 aromatic heterocycles. The lowest BCUT2D eigenvalue weighted by atomic mass is 10.1. The Morgan fingerprint density at radius 2 is 2.06 bits per heavy atom. The summed E-state index contributed by atoms with van der Waals surface area (Å²) in [7, 11) is 1.05. The summed E-state index contributed by atoms with van der Waals surface area (Å²) in [6, 6.07) is -1.12. The largest absolute Gasteiger partial charge is 0.504 e. The number of methoxy groups -OCH3 is 1. The van der Waals surface area contributed by atoms with Gasteiger partial charge in [0.25, 0.3) is 0 Å². The number of halogens is 3. The third kappa shape index (κ3) is 2.62. The molecule has 100 valence electrons. The van der Waals surface area contributed by atoms with Crippen molar-refractivity contribution in [1.29, 1.82) is 0 Å². The number of nitro groups is 1. The molecule has 0 heterocycles. The van der Waals surface area contributed by atoms with E-state index in [-0.39, 0.29) is 0 Å². The van der Waals surface area contributed by atoms with Crippen molar-refractivity contribution in [2.45, 2.75) is 12.2 Å². The van der Waals surface area contributed by atoms with Crippen molar-refractivity contribution < 1.29 is 27.9 Å². The molecule has 0 radical (unpaired) electrons. The zero-order valence-electron chi connectivity index (χ0n) is 9.06. The van der Waals surface area contributed by atoms with E-state index >= 15 is 0 Å². The summed E-state index contributed by atoms with van der Waals surface area (Å²) in [5.41, 5.74) is 3.50. The van der Waals surface area contributed by atoms with E-state index in [0.29, 0.717) is 12.1 Å². The molecule has 0 spiro atoms. The number of nitro benzene ring substituents is 1. The summed E-state index contributed by atoms with van der Waals surface area (Å²) in [5.74, 6) is -1.29. The van der Waals surface area contributed by atoms with Gasteiger partial charge in [-0.1, -0.05) is 0 Å². The number of nitrogens with zero attached hydrogens (tertiary/aromatic N) is 1. The Kier molecular flexibility index (Phi) is 3.65. The van der Waals surface area contributed by atoms with E-state index in [1.807, 2.05) is 0 Å². The van der Waals surface area contributed by atoms with Gasteiger partial charge in [-0.05, 0) is 11.6 Å². The molecule has 1 unspecified atom stereocenters. The number of hydrogen-bond acceptors (Lipinski definition) is 5. The maximum atomic E-state index is 12.4. The molecule has 1 aromatic rings. The fourth-order valence-corrected chi connectivity index (χ4v) is 1.33. The van der Waals surface area contributed by atoms with Gasteiger partial charge in [-0.25, -0.2) is 0 Å². The van der Waals surface area contributed by atoms with Gasteiger partial charge in [0.1, 0.15) is 6.04 Å². The number of phenolic OH excluding ortho intramolecular Hbond substituents is 1. The lowest BCUT2D eigenvalue weighted by Gasteiger charge is -2.16. The molecule has 9 heteroatoms. The number of benzene rings is 1. The Bertz CT molecular complexity index is 476. The van der Waals surface area contributed by atoms with Crippen molar-refractivity contribution in [2.75, 3.05) is 7.11 Å². The summed E-state index contributed by atoms with van der Waals surface area (Å²) in [5, 5.41) is 20.0. The zero-order chi connectivity index (χ0) is 14.1. The number of phenols is 1. The summed E-state index contributed by atoms with van der Waals surface area (Å²) in [6.45, 7) is 0. The van der Waals surface area contributed by atoms with E-state index in [1.165, 1.54) is 0 Å². The van der Waals surface area contributed by atoms with Gasteiger partial charge in [-0.15, -0.1) is 0 Å². The van der Waals surface area contributed by atoms with Crippen LogP contribution in [0.15, 0.2) is 12.1 Å². The van der Waals surface area contributed by atoms with Crippen LogP contribution in [0, 0.1) is 10.1 Å². The summed E-state index contributed by atoms with van der Waals surface area (Å²) >= 11 is 0. The predicted octanol–water partition coefficient (Wildman–Crippen LogP) is 1.87. The third-order valence-electron chi connectivity index (χ3n) is 2.18. The fraction of sp³-hybridized carbons (Fsp3) is 0.333. The monoisotopic (exact) mass is 266 g/mol. The first-order chi connectivity index (χ1) is 8.18. The van der Waals surface area contributed by atoms with E-state index < -0.39 is 39.9 Å². The SMILES string of the molecule is COc1c(O)cc(C(N)C(F)(F)F)cc1[N+](=O)[O-]. The molecule has 0 amide bonds. The minimum Gasteiger partial charge on any atom is -0.504 e. The molecule has 1 rings (SSSR count). The second-order valence-electron chi connectivity index (χ2n) is 3.37. The van der Waals surface area contributed by atoms with Crippen molar-refractivity contribution in [3.8, 4) is 11.5 Å². The molecule has 6 nitrogen and oxygen atoms in total. The number of rotatable bonds is 3. The average molecular weight is 266 g/mol. The van der Waals surface area contributed by atoms with Crippen molar-refractivity contribution in [1.82, 2.24) is 0 Å². The van der Waals surface area contributed by atoms with Crippen molar-refractivity contribution in [3.05, 3.63) is 27.8 Å². The number of aromatic hydroxyl groups is 1. The van der Waals surface area contributed by atoms with Crippen LogP contribution in [0.25, 0.3) is 0 Å². The summed E-state index contributed by atoms with van der Waals surface area (Å²) in [6.07, 6.45) is -4.77. The van der Waals surface area contributed by atoms with Crippen LogP contribution in [0.3, 0.4) is 0 Å². The second-order valence-corrected chi connectivity index (χ2v) is 3.37. The molecule has 0 saturated heterocycles. The molecular weight excluding hydrogens is 257 g/mol. The van der Waals surface area contributed by atoms with Crippen LogP contribution >= 0.6 is 0 Å². The minimum atomic E-state index is -4.77. The Morgan fingerprint density at radius 3 is 2.44 bits per heavy atom. The molecule has 0 aliphatic carbocycles. The highest BCUT2D eigenvalue weighted by molar-refractivity contribution is 5.58. The van der Waals surface area contributed by atoms with Gasteiger partial charge in [-0.2, -0.15) is 13.2 Å². The second kappa shape index (κ2) is 4.69. The minimum absolute atomic E-state index is 0.516. The smallest absolute Gasteiger partial charge is 0.407 e. The van der Waals surface area contributed by atoms with Crippen LogP contribution in [0.4, 0.5) is 18.9 Å². The van der Waals surface area contributed by atoms with Crippen LogP contribution in [-0.4, -0.2) is 23.3 Å². The maximum absolute atomic E-state index is 12.4. The van der Waals surface area contributed by atoms with E-state index in [1.54, 1.807) is 0 Å². The van der Waals surface area contributed by atoms with Gasteiger partial charge in [0.15, 0.2) is 5.75 Å². The Hall–Kier alpha value is -2.03. The topological polar surface area (TPSA) is 98.6 Å². The molecular formula is C9H9F3N2O4. The molecule has 0 aliphatic rings. The van der Waals surface area contributed by atoms with E-state index in [0.717, 1.165) is 7.11 Å². The van der Waals surface area contributed by atoms with Gasteiger partial charge in [0, 0.05) is 6.07 Å². The number of nitrogens with two attached hydrogens (primary N) is 1. The molecule has 0 bridgehead atoms. The lowest BCUT2D eigenvalue weighted by Crippen LogP contribution is -2.28. The normalized spacial score (nSPS) is 13.2. The fourth-order valence-electron chi connectivity index (χ4n) is 1.33. The quantitative estimate of drug-likeness (QED) is 0.642. The Balaban J connectivity index is 3.38. The van der Waals surface area contributed by atoms with Crippen LogP contribution in [-0.2, 0) is 0 Å². The average Bonchev–Trinajstić information content (AvgIpc) is 2.25. The van der Waals surface area contributed by atoms with Gasteiger partial charge < -0.3 is 15.6 Å². The van der Waals surface area contributed by atoms with E-state index in [4.69, 9.17) is 5.73 Å². The molecule has 1 atom stereocenters. The van der Waals surface area contributed by atoms with Crippen molar-refractivity contribution >= 4 is 5.69 Å². The van der Waals surface area contributed by atoms with E-state index in [9.17, 15) is 28.4 Å². The first-order valence-electron chi connectivity index (χ1n) is 4.56. The summed E-state index contributed by atoms with van der Waals surface area (Å²) < 4.78 is 41.7. The molecule has 0 fully saturated rings. The van der Waals surface area contributed by atoms with Crippen molar-refractivity contribution in [2.24, 2.45) is 5.73 Å². The highest BCUT2D eigenvalue weighted by Gasteiger charge is 2.39. The third-order valence-corrected chi connectivity index (χ3v) is 2.18. The number of hydrogen-bond donors (Lipinski definition) is 2. The molecule has 3 N–H and O–H groups in total. The Labute approximate surface area is 98.9 Å². The van der Waals surface area contributed by atoms with Gasteiger partial charge >= 0.3 is 11.9 Å². The van der Waals surface area contributed by atoms with Gasteiger partial charge in [-0.3, -0.25) is 10.1 Å². The van der Waals surface area contributed by atoms with E-state index in [2.05, 4.69) is 4.74 Å². The maximum Gasteiger partial charge on any atom is 0.407 e. The van der Waals surface area contributed by atoms with Crippen LogP contribution < -0.4 is 10.5 Å². The van der Waals surface area contributed by atoms with Crippen LogP contribution in [0.1, 0.15) is 11.6 Å². The van der Waals surface area contributed by atoms with Gasteiger partial charge in [0.05, 0.1) is 12.0 Å². The van der Waals surface area contributed by atoms with Gasteiger partial charge in [0.2, 0.25) is 5.75 Å². The highest BCUT2D eigenvalue weighted by Crippen LogP contribution is 2.41. The highest BCUT2D eigenvalue weighted by atomic mass is 19.4. The Morgan fingerprint density at radius 1 is 1.50 bits per heavy atom. The predicted molar refractivity (Wildman–Crippen MR) is 54.3 cm³/mol. The van der Waals surface area contributed by atoms with Crippen LogP contribution in [0.2, 0.25) is 0 Å². The summed E-state index contributed by atoms with van der Waals surface area (Å²) in [4.78, 5) is 9.68. The lowest BCUT2D eigenvalue weighted by molar-refractivity contribution is -0.385. The first kappa shape index (κ1) is 14.0. The number of ether oxygens (including phenoxy) is 1. The standard InChI is InChI=1S/C9H9F3N2O4/c1-18-7-5(14(16)17)2-4(3-6(7)15)8(13)9(10,11)12/h2-3,8,15H,13H2,1H3. The van der Waals surface area contributed by atoms with Crippen LogP contribution in [0.5, 0.6) is 11.5 Å². The first-order valence-corrected chi connectivity index (χ1v) is 4.56. The molecule has 0 saturated carbocycles. The van der Waals surface area contributed by atoms with Crippen molar-refractivity contribution in [3.63, 3.8) is 0 Å². The molecule has 0 aliphatic heterocycles. The zero-order valence-corrected chi connectivity index (χ0v) is 9.06. The number of alkyl halides is 3. The molecule has 1 aromatic carbocycles.